The number of hydrogen-bond acceptors (Lipinski definition) is 3. The molecule has 0 amide bonds. The summed E-state index contributed by atoms with van der Waals surface area (Å²) in [5.41, 5.74) is 0. The number of carbonyl (C=O) groups is 2. The minimum atomic E-state index is -1.17. The predicted molar refractivity (Wildman–Crippen MR) is 54.2 cm³/mol. The van der Waals surface area contributed by atoms with E-state index in [1.807, 2.05) is 0 Å². The molecule has 13 heavy (non-hydrogen) atoms. The predicted octanol–water partition coefficient (Wildman–Crippen LogP) is 1.33. The van der Waals surface area contributed by atoms with E-state index in [1.165, 1.54) is 0 Å². The van der Waals surface area contributed by atoms with Crippen molar-refractivity contribution in [2.24, 2.45) is 0 Å². The van der Waals surface area contributed by atoms with Gasteiger partial charge in [-0.05, 0) is 0 Å². The van der Waals surface area contributed by atoms with Crippen LogP contribution < -0.4 is 0 Å². The molecule has 0 fully saturated rings. The smallest absolute Gasteiger partial charge is 0.331 e. The highest BCUT2D eigenvalue weighted by molar-refractivity contribution is 9.12. The summed E-state index contributed by atoms with van der Waals surface area (Å²) >= 11 is 6.40. The molecule has 1 N–H and O–H groups in total. The standard InChI is InChI=1S/C7H8Br2O4/c8-3-5(9)4-13-7(12)2-1-6(10)11/h1-2,5H,3-4H2,(H,10,11)/b2-1-. The summed E-state index contributed by atoms with van der Waals surface area (Å²) in [5, 5.41) is 8.83. The van der Waals surface area contributed by atoms with Crippen molar-refractivity contribution in [1.29, 1.82) is 0 Å². The first-order valence-corrected chi connectivity index (χ1v) is 5.37. The number of halogens is 2. The van der Waals surface area contributed by atoms with E-state index in [2.05, 4.69) is 36.6 Å². The Hall–Kier alpha value is -0.360. The molecular formula is C7H8Br2O4. The average molecular weight is 316 g/mol. The molecule has 0 saturated heterocycles. The van der Waals surface area contributed by atoms with Crippen LogP contribution in [-0.4, -0.2) is 33.8 Å². The summed E-state index contributed by atoms with van der Waals surface area (Å²) in [5.74, 6) is -1.83. The summed E-state index contributed by atoms with van der Waals surface area (Å²) in [6, 6.07) is 0. The van der Waals surface area contributed by atoms with Crippen LogP contribution in [0.15, 0.2) is 12.2 Å². The Bertz CT molecular complexity index is 215. The maximum absolute atomic E-state index is 10.8. The fourth-order valence-electron chi connectivity index (χ4n) is 0.405. The first-order chi connectivity index (χ1) is 6.06. The number of aliphatic carboxylic acids is 1. The molecule has 0 bridgehead atoms. The zero-order valence-electron chi connectivity index (χ0n) is 6.57. The van der Waals surface area contributed by atoms with E-state index in [9.17, 15) is 9.59 Å². The maximum Gasteiger partial charge on any atom is 0.331 e. The monoisotopic (exact) mass is 314 g/mol. The van der Waals surface area contributed by atoms with Gasteiger partial charge in [0.2, 0.25) is 0 Å². The van der Waals surface area contributed by atoms with Crippen LogP contribution in [0, 0.1) is 0 Å². The van der Waals surface area contributed by atoms with Gasteiger partial charge in [-0.25, -0.2) is 9.59 Å². The molecule has 1 atom stereocenters. The molecule has 4 nitrogen and oxygen atoms in total. The molecule has 0 heterocycles. The van der Waals surface area contributed by atoms with Gasteiger partial charge >= 0.3 is 11.9 Å². The van der Waals surface area contributed by atoms with E-state index in [0.29, 0.717) is 5.33 Å². The fraction of sp³-hybridized carbons (Fsp3) is 0.429. The van der Waals surface area contributed by atoms with Crippen LogP contribution in [-0.2, 0) is 14.3 Å². The number of rotatable bonds is 5. The Morgan fingerprint density at radius 2 is 2.08 bits per heavy atom. The summed E-state index contributed by atoms with van der Waals surface area (Å²) < 4.78 is 4.68. The van der Waals surface area contributed by atoms with Crippen molar-refractivity contribution < 1.29 is 19.4 Å². The molecule has 0 aromatic rings. The highest BCUT2D eigenvalue weighted by atomic mass is 79.9. The third kappa shape index (κ3) is 7.98. The van der Waals surface area contributed by atoms with Gasteiger partial charge in [0, 0.05) is 17.5 Å². The molecule has 0 aromatic heterocycles. The van der Waals surface area contributed by atoms with Crippen LogP contribution >= 0.6 is 31.9 Å². The number of carboxylic acids is 1. The number of carboxylic acid groups (broad SMARTS) is 1. The molecule has 0 rings (SSSR count). The lowest BCUT2D eigenvalue weighted by atomic mass is 10.5. The average Bonchev–Trinajstić information content (AvgIpc) is 2.10. The molecule has 6 heteroatoms. The van der Waals surface area contributed by atoms with Gasteiger partial charge in [-0.2, -0.15) is 0 Å². The van der Waals surface area contributed by atoms with E-state index in [4.69, 9.17) is 5.11 Å². The lowest BCUT2D eigenvalue weighted by Gasteiger charge is -2.04. The van der Waals surface area contributed by atoms with Crippen molar-refractivity contribution in [2.45, 2.75) is 4.83 Å². The lowest BCUT2D eigenvalue weighted by Crippen LogP contribution is -2.13. The van der Waals surface area contributed by atoms with E-state index < -0.39 is 11.9 Å². The third-order valence-corrected chi connectivity index (χ3v) is 3.17. The Kier molecular flexibility index (Phi) is 6.89. The zero-order valence-corrected chi connectivity index (χ0v) is 9.75. The Balaban J connectivity index is 3.69. The normalized spacial score (nSPS) is 12.8. The largest absolute Gasteiger partial charge is 0.478 e. The van der Waals surface area contributed by atoms with E-state index in [0.717, 1.165) is 12.2 Å². The van der Waals surface area contributed by atoms with Gasteiger partial charge < -0.3 is 9.84 Å². The van der Waals surface area contributed by atoms with Crippen LogP contribution in [0.5, 0.6) is 0 Å². The van der Waals surface area contributed by atoms with E-state index in [1.54, 1.807) is 0 Å². The molecule has 0 radical (unpaired) electrons. The number of carbonyl (C=O) groups excluding carboxylic acids is 1. The third-order valence-electron chi connectivity index (χ3n) is 0.936. The van der Waals surface area contributed by atoms with Crippen molar-refractivity contribution in [3.8, 4) is 0 Å². The van der Waals surface area contributed by atoms with Crippen molar-refractivity contribution in [3.63, 3.8) is 0 Å². The van der Waals surface area contributed by atoms with Crippen LogP contribution in [0.4, 0.5) is 0 Å². The van der Waals surface area contributed by atoms with Gasteiger partial charge in [-0.15, -0.1) is 0 Å². The van der Waals surface area contributed by atoms with Gasteiger partial charge in [0.15, 0.2) is 0 Å². The molecule has 0 saturated carbocycles. The summed E-state index contributed by atoms with van der Waals surface area (Å²) in [7, 11) is 0. The summed E-state index contributed by atoms with van der Waals surface area (Å²) in [6.07, 6.45) is 1.61. The topological polar surface area (TPSA) is 63.6 Å². The Labute approximate surface area is 92.2 Å². The number of esters is 1. The minimum Gasteiger partial charge on any atom is -0.478 e. The number of alkyl halides is 2. The second-order valence-electron chi connectivity index (χ2n) is 2.05. The van der Waals surface area contributed by atoms with Crippen molar-refractivity contribution in [2.75, 3.05) is 11.9 Å². The fourth-order valence-corrected chi connectivity index (χ4v) is 0.724. The van der Waals surface area contributed by atoms with Gasteiger partial charge in [0.05, 0.1) is 4.83 Å². The highest BCUT2D eigenvalue weighted by Crippen LogP contribution is 2.03. The second kappa shape index (κ2) is 7.08. The Morgan fingerprint density at radius 3 is 2.54 bits per heavy atom. The van der Waals surface area contributed by atoms with Gasteiger partial charge in [0.1, 0.15) is 6.61 Å². The molecule has 0 aliphatic rings. The highest BCUT2D eigenvalue weighted by Gasteiger charge is 2.04. The first-order valence-electron chi connectivity index (χ1n) is 3.34. The van der Waals surface area contributed by atoms with Crippen LogP contribution in [0.1, 0.15) is 0 Å². The second-order valence-corrected chi connectivity index (χ2v) is 4.00. The van der Waals surface area contributed by atoms with E-state index >= 15 is 0 Å². The van der Waals surface area contributed by atoms with Crippen LogP contribution in [0.2, 0.25) is 0 Å². The van der Waals surface area contributed by atoms with Crippen LogP contribution in [0.3, 0.4) is 0 Å². The number of hydrogen-bond donors (Lipinski definition) is 1. The molecule has 0 aromatic carbocycles. The minimum absolute atomic E-state index is 0.0367. The summed E-state index contributed by atoms with van der Waals surface area (Å²) in [4.78, 5) is 20.8. The van der Waals surface area contributed by atoms with Crippen molar-refractivity contribution in [3.05, 3.63) is 12.2 Å². The van der Waals surface area contributed by atoms with Gasteiger partial charge in [0.25, 0.3) is 0 Å². The Morgan fingerprint density at radius 1 is 1.46 bits per heavy atom. The summed E-state index contributed by atoms with van der Waals surface area (Å²) in [6.45, 7) is 0.202. The van der Waals surface area contributed by atoms with Crippen molar-refractivity contribution >= 4 is 43.8 Å². The molecule has 0 aliphatic heterocycles. The maximum atomic E-state index is 10.8. The van der Waals surface area contributed by atoms with Gasteiger partial charge in [-0.1, -0.05) is 31.9 Å². The number of ether oxygens (including phenoxy) is 1. The quantitative estimate of drug-likeness (QED) is 0.472. The SMILES string of the molecule is O=C(O)/C=C\C(=O)OCC(Br)CBr. The molecular weight excluding hydrogens is 308 g/mol. The molecule has 1 unspecified atom stereocenters. The lowest BCUT2D eigenvalue weighted by molar-refractivity contribution is -0.138. The van der Waals surface area contributed by atoms with E-state index in [-0.39, 0.29) is 11.4 Å². The van der Waals surface area contributed by atoms with Gasteiger partial charge in [-0.3, -0.25) is 0 Å². The van der Waals surface area contributed by atoms with Crippen molar-refractivity contribution in [1.82, 2.24) is 0 Å². The molecule has 0 spiro atoms. The van der Waals surface area contributed by atoms with Crippen LogP contribution in [0.25, 0.3) is 0 Å². The molecule has 0 aliphatic carbocycles. The molecule has 74 valence electrons. The zero-order chi connectivity index (χ0) is 10.3. The first kappa shape index (κ1) is 12.6.